The fourth-order valence-corrected chi connectivity index (χ4v) is 1.70. The summed E-state index contributed by atoms with van der Waals surface area (Å²) in [6.45, 7) is 6.28. The lowest BCUT2D eigenvalue weighted by molar-refractivity contribution is 0.570. The summed E-state index contributed by atoms with van der Waals surface area (Å²) in [6, 6.07) is 0. The van der Waals surface area contributed by atoms with E-state index in [0.717, 1.165) is 5.84 Å². The van der Waals surface area contributed by atoms with Crippen molar-refractivity contribution in [3.63, 3.8) is 0 Å². The molecule has 0 aromatic carbocycles. The van der Waals surface area contributed by atoms with Gasteiger partial charge in [-0.25, -0.2) is 0 Å². The summed E-state index contributed by atoms with van der Waals surface area (Å²) in [5, 5.41) is 0. The van der Waals surface area contributed by atoms with Gasteiger partial charge in [0.15, 0.2) is 0 Å². The van der Waals surface area contributed by atoms with Crippen molar-refractivity contribution in [2.75, 3.05) is 0 Å². The molecule has 2 N–H and O–H groups in total. The Labute approximate surface area is 75.3 Å². The highest BCUT2D eigenvalue weighted by atomic mass is 14.9. The van der Waals surface area contributed by atoms with Crippen LogP contribution in [-0.4, -0.2) is 11.4 Å². The molecule has 0 heterocycles. The summed E-state index contributed by atoms with van der Waals surface area (Å²) in [6.07, 6.45) is 5.13. The first-order chi connectivity index (χ1) is 5.49. The molecule has 1 fully saturated rings. The predicted octanol–water partition coefficient (Wildman–Crippen LogP) is 2.33. The molecule has 12 heavy (non-hydrogen) atoms. The first-order valence-electron chi connectivity index (χ1n) is 4.84. The van der Waals surface area contributed by atoms with Gasteiger partial charge >= 0.3 is 0 Å². The van der Waals surface area contributed by atoms with Crippen molar-refractivity contribution in [2.24, 2.45) is 16.6 Å². The smallest absolute Gasteiger partial charge is 0.0974 e. The molecule has 0 aliphatic heterocycles. The highest BCUT2D eigenvalue weighted by molar-refractivity contribution is 5.83. The maximum atomic E-state index is 5.92. The van der Waals surface area contributed by atoms with Gasteiger partial charge in [-0.05, 0) is 33.6 Å². The molecule has 2 nitrogen and oxygen atoms in total. The van der Waals surface area contributed by atoms with Crippen molar-refractivity contribution in [1.29, 1.82) is 0 Å². The summed E-state index contributed by atoms with van der Waals surface area (Å²) in [4.78, 5) is 4.49. The predicted molar refractivity (Wildman–Crippen MR) is 53.3 cm³/mol. The third-order valence-corrected chi connectivity index (χ3v) is 2.24. The molecule has 0 amide bonds. The van der Waals surface area contributed by atoms with E-state index >= 15 is 0 Å². The molecule has 1 aliphatic carbocycles. The van der Waals surface area contributed by atoms with Gasteiger partial charge < -0.3 is 5.73 Å². The Kier molecular flexibility index (Phi) is 2.76. The van der Waals surface area contributed by atoms with E-state index in [1.807, 2.05) is 0 Å². The fourth-order valence-electron chi connectivity index (χ4n) is 1.70. The van der Waals surface area contributed by atoms with Crippen molar-refractivity contribution in [2.45, 2.75) is 52.0 Å². The second-order valence-electron chi connectivity index (χ2n) is 4.69. The molecule has 0 unspecified atom stereocenters. The second kappa shape index (κ2) is 3.46. The lowest BCUT2D eigenvalue weighted by Gasteiger charge is -2.16. The van der Waals surface area contributed by atoms with Gasteiger partial charge in [0.25, 0.3) is 0 Å². The highest BCUT2D eigenvalue weighted by Gasteiger charge is 2.20. The zero-order chi connectivity index (χ0) is 9.19. The minimum atomic E-state index is -0.00727. The highest BCUT2D eigenvalue weighted by Crippen LogP contribution is 2.25. The first kappa shape index (κ1) is 9.56. The fraction of sp³-hybridized carbons (Fsp3) is 0.900. The van der Waals surface area contributed by atoms with Gasteiger partial charge in [-0.3, -0.25) is 4.99 Å². The van der Waals surface area contributed by atoms with Gasteiger partial charge in [0.2, 0.25) is 0 Å². The summed E-state index contributed by atoms with van der Waals surface area (Å²) >= 11 is 0. The summed E-state index contributed by atoms with van der Waals surface area (Å²) in [5.41, 5.74) is 5.91. The average molecular weight is 168 g/mol. The molecule has 0 aromatic rings. The first-order valence-corrected chi connectivity index (χ1v) is 4.84. The van der Waals surface area contributed by atoms with Gasteiger partial charge in [-0.2, -0.15) is 0 Å². The Morgan fingerprint density at radius 2 is 1.75 bits per heavy atom. The van der Waals surface area contributed by atoms with E-state index in [1.54, 1.807) is 0 Å². The van der Waals surface area contributed by atoms with Crippen LogP contribution in [0, 0.1) is 5.92 Å². The second-order valence-corrected chi connectivity index (χ2v) is 4.69. The van der Waals surface area contributed by atoms with Crippen LogP contribution in [0.15, 0.2) is 4.99 Å². The molecule has 0 bridgehead atoms. The van der Waals surface area contributed by atoms with Crippen LogP contribution in [0.25, 0.3) is 0 Å². The van der Waals surface area contributed by atoms with Crippen LogP contribution in [0.4, 0.5) is 0 Å². The molecule has 0 spiro atoms. The van der Waals surface area contributed by atoms with E-state index < -0.39 is 0 Å². The van der Waals surface area contributed by atoms with E-state index in [1.165, 1.54) is 25.7 Å². The maximum Gasteiger partial charge on any atom is 0.0974 e. The Morgan fingerprint density at radius 1 is 1.25 bits per heavy atom. The van der Waals surface area contributed by atoms with Gasteiger partial charge in [0.05, 0.1) is 11.4 Å². The molecule has 1 saturated carbocycles. The minimum absolute atomic E-state index is 0.00727. The Morgan fingerprint density at radius 3 is 2.17 bits per heavy atom. The Bertz CT molecular complexity index is 171. The van der Waals surface area contributed by atoms with Crippen LogP contribution < -0.4 is 5.73 Å². The summed E-state index contributed by atoms with van der Waals surface area (Å²) < 4.78 is 0. The maximum absolute atomic E-state index is 5.92. The number of nitrogens with two attached hydrogens (primary N) is 1. The molecule has 70 valence electrons. The number of nitrogens with zero attached hydrogens (tertiary/aromatic N) is 1. The van der Waals surface area contributed by atoms with Gasteiger partial charge in [-0.1, -0.05) is 12.8 Å². The van der Waals surface area contributed by atoms with Crippen molar-refractivity contribution in [3.8, 4) is 0 Å². The third-order valence-electron chi connectivity index (χ3n) is 2.24. The van der Waals surface area contributed by atoms with E-state index in [4.69, 9.17) is 5.73 Å². The zero-order valence-corrected chi connectivity index (χ0v) is 8.43. The number of rotatable bonds is 1. The van der Waals surface area contributed by atoms with Crippen molar-refractivity contribution < 1.29 is 0 Å². The lowest BCUT2D eigenvalue weighted by atomic mass is 10.1. The van der Waals surface area contributed by atoms with Crippen LogP contribution in [0.2, 0.25) is 0 Å². The number of hydrogen-bond donors (Lipinski definition) is 1. The summed E-state index contributed by atoms with van der Waals surface area (Å²) in [7, 11) is 0. The quantitative estimate of drug-likeness (QED) is 0.473. The largest absolute Gasteiger partial charge is 0.387 e. The lowest BCUT2D eigenvalue weighted by Crippen LogP contribution is -2.26. The molecule has 0 atom stereocenters. The van der Waals surface area contributed by atoms with Crippen LogP contribution in [0.1, 0.15) is 46.5 Å². The monoisotopic (exact) mass is 168 g/mol. The van der Waals surface area contributed by atoms with Crippen LogP contribution in [0.5, 0.6) is 0 Å². The van der Waals surface area contributed by atoms with E-state index in [0.29, 0.717) is 5.92 Å². The topological polar surface area (TPSA) is 38.4 Å². The van der Waals surface area contributed by atoms with Crippen LogP contribution in [-0.2, 0) is 0 Å². The van der Waals surface area contributed by atoms with E-state index in [-0.39, 0.29) is 5.54 Å². The summed E-state index contributed by atoms with van der Waals surface area (Å²) in [5.74, 6) is 1.45. The van der Waals surface area contributed by atoms with Crippen LogP contribution in [0.3, 0.4) is 0 Å². The van der Waals surface area contributed by atoms with E-state index in [2.05, 4.69) is 25.8 Å². The molecule has 0 saturated heterocycles. The molecule has 0 aromatic heterocycles. The van der Waals surface area contributed by atoms with Gasteiger partial charge in [-0.15, -0.1) is 0 Å². The van der Waals surface area contributed by atoms with Crippen LogP contribution >= 0.6 is 0 Å². The van der Waals surface area contributed by atoms with Crippen molar-refractivity contribution >= 4 is 5.84 Å². The molecule has 2 heteroatoms. The number of amidine groups is 1. The SMILES string of the molecule is CC(C)(C)N=C(N)C1CCCC1. The third kappa shape index (κ3) is 2.84. The zero-order valence-electron chi connectivity index (χ0n) is 8.43. The molecule has 1 rings (SSSR count). The van der Waals surface area contributed by atoms with Gasteiger partial charge in [0, 0.05) is 5.92 Å². The van der Waals surface area contributed by atoms with Crippen molar-refractivity contribution in [1.82, 2.24) is 0 Å². The normalized spacial score (nSPS) is 21.8. The van der Waals surface area contributed by atoms with E-state index in [9.17, 15) is 0 Å². The van der Waals surface area contributed by atoms with Gasteiger partial charge in [0.1, 0.15) is 0 Å². The Hall–Kier alpha value is -0.530. The molecule has 0 radical (unpaired) electrons. The molecular formula is C10H20N2. The number of hydrogen-bond acceptors (Lipinski definition) is 1. The van der Waals surface area contributed by atoms with Crippen molar-refractivity contribution in [3.05, 3.63) is 0 Å². The minimum Gasteiger partial charge on any atom is -0.387 e. The number of aliphatic imine (C=N–C) groups is 1. The standard InChI is InChI=1S/C10H20N2/c1-10(2,3)12-9(11)8-6-4-5-7-8/h8H,4-7H2,1-3H3,(H2,11,12). The molecular weight excluding hydrogens is 148 g/mol. The Balaban J connectivity index is 2.56. The average Bonchev–Trinajstić information content (AvgIpc) is 2.32. The molecule has 1 aliphatic rings.